The van der Waals surface area contributed by atoms with Gasteiger partial charge in [0.05, 0.1) is 24.0 Å². The molecule has 4 atom stereocenters. The molecule has 4 saturated heterocycles. The Balaban J connectivity index is 1.45. The van der Waals surface area contributed by atoms with Crippen molar-refractivity contribution in [3.05, 3.63) is 0 Å². The highest BCUT2D eigenvalue weighted by Gasteiger charge is 2.48. The molecule has 4 fully saturated rings. The van der Waals surface area contributed by atoms with Crippen LogP contribution in [0.1, 0.15) is 32.1 Å². The first kappa shape index (κ1) is 13.9. The van der Waals surface area contributed by atoms with Gasteiger partial charge in [0, 0.05) is 18.8 Å². The average Bonchev–Trinajstić information content (AvgIpc) is 3.29. The Hall–Kier alpha value is -0.750. The van der Waals surface area contributed by atoms with Gasteiger partial charge in [-0.3, -0.25) is 9.59 Å². The van der Waals surface area contributed by atoms with Crippen molar-refractivity contribution in [2.24, 2.45) is 5.92 Å². The topological polar surface area (TPSA) is 49.9 Å². The second-order valence-electron chi connectivity index (χ2n) is 6.57. The number of amides is 2. The van der Waals surface area contributed by atoms with Gasteiger partial charge in [0.1, 0.15) is 6.04 Å². The summed E-state index contributed by atoms with van der Waals surface area (Å²) in [5.74, 6) is 1.73. The highest BCUT2D eigenvalue weighted by atomic mass is 32.2. The number of hydrogen-bond acceptors (Lipinski definition) is 4. The van der Waals surface area contributed by atoms with E-state index in [1.165, 1.54) is 0 Å². The van der Waals surface area contributed by atoms with E-state index in [0.29, 0.717) is 5.88 Å². The highest BCUT2D eigenvalue weighted by Crippen LogP contribution is 2.40. The lowest BCUT2D eigenvalue weighted by Crippen LogP contribution is -2.50. The van der Waals surface area contributed by atoms with Crippen LogP contribution in [0, 0.1) is 5.92 Å². The van der Waals surface area contributed by atoms with Gasteiger partial charge < -0.3 is 14.5 Å². The fourth-order valence-corrected chi connectivity index (χ4v) is 5.28. The minimum absolute atomic E-state index is 0.00340. The summed E-state index contributed by atoms with van der Waals surface area (Å²) in [7, 11) is 0. The van der Waals surface area contributed by atoms with Crippen LogP contribution < -0.4 is 0 Å². The lowest BCUT2D eigenvalue weighted by Gasteiger charge is -2.30. The molecule has 0 N–H and O–H groups in total. The number of ether oxygens (including phenoxy) is 1. The minimum atomic E-state index is -0.236. The Morgan fingerprint density at radius 2 is 1.90 bits per heavy atom. The number of carbonyl (C=O) groups excluding carboxylic acids is 2. The molecule has 6 heteroatoms. The number of carbonyl (C=O) groups is 2. The van der Waals surface area contributed by atoms with Gasteiger partial charge in [-0.15, -0.1) is 11.8 Å². The van der Waals surface area contributed by atoms with E-state index in [0.717, 1.165) is 50.9 Å². The van der Waals surface area contributed by atoms with E-state index in [1.807, 2.05) is 9.80 Å². The van der Waals surface area contributed by atoms with Crippen LogP contribution in [0.25, 0.3) is 0 Å². The Kier molecular flexibility index (Phi) is 3.61. The summed E-state index contributed by atoms with van der Waals surface area (Å²) in [6.07, 6.45) is 5.55. The molecule has 5 nitrogen and oxygen atoms in total. The van der Waals surface area contributed by atoms with Crippen LogP contribution in [0.4, 0.5) is 0 Å². The number of nitrogens with zero attached hydrogens (tertiary/aromatic N) is 2. The Bertz CT molecular complexity index is 452. The van der Waals surface area contributed by atoms with Gasteiger partial charge in [-0.05, 0) is 32.1 Å². The molecule has 0 radical (unpaired) electrons. The molecule has 0 aliphatic carbocycles. The van der Waals surface area contributed by atoms with Crippen molar-refractivity contribution in [2.45, 2.75) is 50.4 Å². The maximum atomic E-state index is 12.8. The molecule has 0 aromatic rings. The predicted molar refractivity (Wildman–Crippen MR) is 79.8 cm³/mol. The largest absolute Gasteiger partial charge is 0.374 e. The van der Waals surface area contributed by atoms with E-state index in [9.17, 15) is 9.59 Å². The van der Waals surface area contributed by atoms with Crippen LogP contribution in [-0.4, -0.2) is 64.6 Å². The van der Waals surface area contributed by atoms with Crippen molar-refractivity contribution in [2.75, 3.05) is 24.7 Å². The fourth-order valence-electron chi connectivity index (χ4n) is 4.12. The highest BCUT2D eigenvalue weighted by molar-refractivity contribution is 7.99. The second-order valence-corrected chi connectivity index (χ2v) is 7.57. The molecular formula is C15H22N2O3S. The summed E-state index contributed by atoms with van der Waals surface area (Å²) in [5, 5.41) is 0. The number of thioether (sulfide) groups is 1. The van der Waals surface area contributed by atoms with Gasteiger partial charge in [-0.25, -0.2) is 0 Å². The van der Waals surface area contributed by atoms with Crippen molar-refractivity contribution in [3.8, 4) is 0 Å². The molecule has 0 aromatic heterocycles. The smallest absolute Gasteiger partial charge is 0.246 e. The molecule has 4 aliphatic rings. The first-order chi connectivity index (χ1) is 10.2. The summed E-state index contributed by atoms with van der Waals surface area (Å²) in [6, 6.07) is -0.236. The van der Waals surface area contributed by atoms with Crippen LogP contribution in [-0.2, 0) is 14.3 Å². The van der Waals surface area contributed by atoms with E-state index in [1.54, 1.807) is 11.8 Å². The Labute approximate surface area is 129 Å². The summed E-state index contributed by atoms with van der Waals surface area (Å²) in [5.41, 5.74) is 0. The molecule has 2 bridgehead atoms. The van der Waals surface area contributed by atoms with Crippen LogP contribution >= 0.6 is 11.8 Å². The molecule has 4 rings (SSSR count). The molecule has 0 aromatic carbocycles. The standard InChI is InChI=1S/C15H22N2O3S/c18-14(11-7-10-3-4-13(11)20-10)17-9-21-8-12(17)15(19)16-5-1-2-6-16/h10-13H,1-9H2. The SMILES string of the molecule is O=C(C1CSCN1C(=O)C1CC2CCC1O2)N1CCCC1. The maximum Gasteiger partial charge on any atom is 0.246 e. The van der Waals surface area contributed by atoms with Crippen molar-refractivity contribution >= 4 is 23.6 Å². The zero-order valence-electron chi connectivity index (χ0n) is 12.2. The number of hydrogen-bond donors (Lipinski definition) is 0. The molecular weight excluding hydrogens is 288 g/mol. The van der Waals surface area contributed by atoms with Crippen molar-refractivity contribution in [3.63, 3.8) is 0 Å². The molecule has 0 spiro atoms. The first-order valence-electron chi connectivity index (χ1n) is 8.06. The Morgan fingerprint density at radius 3 is 2.57 bits per heavy atom. The lowest BCUT2D eigenvalue weighted by atomic mass is 9.88. The van der Waals surface area contributed by atoms with Crippen molar-refractivity contribution in [1.29, 1.82) is 0 Å². The Morgan fingerprint density at radius 1 is 1.10 bits per heavy atom. The molecule has 0 saturated carbocycles. The normalized spacial score (nSPS) is 38.5. The number of rotatable bonds is 2. The van der Waals surface area contributed by atoms with E-state index >= 15 is 0 Å². The monoisotopic (exact) mass is 310 g/mol. The third-order valence-corrected chi connectivity index (χ3v) is 6.30. The fraction of sp³-hybridized carbons (Fsp3) is 0.867. The van der Waals surface area contributed by atoms with Gasteiger partial charge in [-0.1, -0.05) is 0 Å². The van der Waals surface area contributed by atoms with Crippen molar-refractivity contribution in [1.82, 2.24) is 9.80 Å². The van der Waals surface area contributed by atoms with E-state index in [4.69, 9.17) is 4.74 Å². The van der Waals surface area contributed by atoms with Gasteiger partial charge in [0.2, 0.25) is 11.8 Å². The van der Waals surface area contributed by atoms with Gasteiger partial charge in [0.15, 0.2) is 0 Å². The van der Waals surface area contributed by atoms with E-state index in [2.05, 4.69) is 0 Å². The molecule has 116 valence electrons. The third kappa shape index (κ3) is 2.36. The van der Waals surface area contributed by atoms with Crippen molar-refractivity contribution < 1.29 is 14.3 Å². The molecule has 4 heterocycles. The predicted octanol–water partition coefficient (Wildman–Crippen LogP) is 1.08. The zero-order chi connectivity index (χ0) is 14.4. The van der Waals surface area contributed by atoms with Crippen LogP contribution in [0.5, 0.6) is 0 Å². The lowest BCUT2D eigenvalue weighted by molar-refractivity contribution is -0.146. The van der Waals surface area contributed by atoms with Crippen LogP contribution in [0.2, 0.25) is 0 Å². The summed E-state index contributed by atoms with van der Waals surface area (Å²) < 4.78 is 5.81. The molecule has 2 amide bonds. The minimum Gasteiger partial charge on any atom is -0.374 e. The van der Waals surface area contributed by atoms with Gasteiger partial charge >= 0.3 is 0 Å². The van der Waals surface area contributed by atoms with Crippen LogP contribution in [0.15, 0.2) is 0 Å². The number of fused-ring (bicyclic) bond motifs is 2. The summed E-state index contributed by atoms with van der Waals surface area (Å²) >= 11 is 1.70. The quantitative estimate of drug-likeness (QED) is 0.766. The van der Waals surface area contributed by atoms with Gasteiger partial charge in [-0.2, -0.15) is 0 Å². The molecule has 21 heavy (non-hydrogen) atoms. The second kappa shape index (κ2) is 5.47. The maximum absolute atomic E-state index is 12.8. The summed E-state index contributed by atoms with van der Waals surface area (Å²) in [4.78, 5) is 29.2. The van der Waals surface area contributed by atoms with Crippen LogP contribution in [0.3, 0.4) is 0 Å². The zero-order valence-corrected chi connectivity index (χ0v) is 13.0. The van der Waals surface area contributed by atoms with E-state index in [-0.39, 0.29) is 36.0 Å². The third-order valence-electron chi connectivity index (χ3n) is 5.29. The first-order valence-corrected chi connectivity index (χ1v) is 9.22. The molecule has 4 unspecified atom stereocenters. The number of likely N-dealkylation sites (tertiary alicyclic amines) is 1. The average molecular weight is 310 g/mol. The van der Waals surface area contributed by atoms with Gasteiger partial charge in [0.25, 0.3) is 0 Å². The summed E-state index contributed by atoms with van der Waals surface area (Å²) in [6.45, 7) is 1.72. The van der Waals surface area contributed by atoms with E-state index < -0.39 is 0 Å². The molecule has 4 aliphatic heterocycles.